The summed E-state index contributed by atoms with van der Waals surface area (Å²) in [6.07, 6.45) is -0.928. The Balaban J connectivity index is 1.83. The number of nitrogens with zero attached hydrogens (tertiary/aromatic N) is 4. The Labute approximate surface area is 190 Å². The summed E-state index contributed by atoms with van der Waals surface area (Å²) in [5.74, 6) is 0.978. The molecule has 0 bridgehead atoms. The first kappa shape index (κ1) is 23.8. The topological polar surface area (TPSA) is 117 Å². The zero-order valence-corrected chi connectivity index (χ0v) is 19.2. The lowest BCUT2D eigenvalue weighted by atomic mass is 10.3. The predicted octanol–water partition coefficient (Wildman–Crippen LogP) is 1.27. The molecule has 2 aromatic heterocycles. The smallest absolute Gasteiger partial charge is 0.329 e. The maximum Gasteiger partial charge on any atom is 0.329 e. The molecule has 0 aliphatic carbocycles. The highest BCUT2D eigenvalue weighted by atomic mass is 35.5. The highest BCUT2D eigenvalue weighted by molar-refractivity contribution is 6.30. The van der Waals surface area contributed by atoms with Crippen molar-refractivity contribution in [1.29, 1.82) is 0 Å². The van der Waals surface area contributed by atoms with Crippen LogP contribution >= 0.6 is 11.6 Å². The van der Waals surface area contributed by atoms with E-state index < -0.39 is 17.4 Å². The van der Waals surface area contributed by atoms with E-state index in [0.29, 0.717) is 23.3 Å². The number of imidazole rings is 1. The van der Waals surface area contributed by atoms with Crippen molar-refractivity contribution in [3.63, 3.8) is 0 Å². The number of rotatable bonds is 11. The average molecular weight is 465 g/mol. The first-order chi connectivity index (χ1) is 15.3. The van der Waals surface area contributed by atoms with Crippen LogP contribution in [-0.4, -0.2) is 68.0 Å². The summed E-state index contributed by atoms with van der Waals surface area (Å²) >= 11 is 5.88. The predicted molar refractivity (Wildman–Crippen MR) is 125 cm³/mol. The van der Waals surface area contributed by atoms with Gasteiger partial charge in [-0.3, -0.25) is 14.3 Å². The zero-order chi connectivity index (χ0) is 23.3. The van der Waals surface area contributed by atoms with Gasteiger partial charge < -0.3 is 24.6 Å². The van der Waals surface area contributed by atoms with Crippen LogP contribution in [0.25, 0.3) is 11.2 Å². The molecule has 11 heteroatoms. The van der Waals surface area contributed by atoms with Crippen molar-refractivity contribution in [1.82, 2.24) is 24.0 Å². The first-order valence-corrected chi connectivity index (χ1v) is 10.9. The van der Waals surface area contributed by atoms with Crippen molar-refractivity contribution in [3.8, 4) is 5.75 Å². The van der Waals surface area contributed by atoms with Gasteiger partial charge in [0.05, 0.1) is 6.54 Å². The Kier molecular flexibility index (Phi) is 7.94. The average Bonchev–Trinajstić information content (AvgIpc) is 3.13. The Morgan fingerprint density at radius 3 is 2.59 bits per heavy atom. The quantitative estimate of drug-likeness (QED) is 0.391. The van der Waals surface area contributed by atoms with Crippen LogP contribution in [0, 0.1) is 0 Å². The minimum atomic E-state index is -0.928. The summed E-state index contributed by atoms with van der Waals surface area (Å²) in [7, 11) is 1.54. The fourth-order valence-electron chi connectivity index (χ4n) is 3.40. The second-order valence-corrected chi connectivity index (χ2v) is 7.85. The molecule has 3 N–H and O–H groups in total. The molecule has 0 radical (unpaired) electrons. The van der Waals surface area contributed by atoms with Gasteiger partial charge in [-0.25, -0.2) is 4.79 Å². The molecule has 0 aliphatic heterocycles. The number of H-pyrrole nitrogens is 1. The van der Waals surface area contributed by atoms with Crippen molar-refractivity contribution in [2.24, 2.45) is 7.05 Å². The van der Waals surface area contributed by atoms with E-state index in [1.807, 2.05) is 0 Å². The number of aryl methyl sites for hydroxylation is 1. The number of hydrogen-bond donors (Lipinski definition) is 3. The first-order valence-electron chi connectivity index (χ1n) is 10.6. The van der Waals surface area contributed by atoms with E-state index in [0.717, 1.165) is 19.6 Å². The second kappa shape index (κ2) is 10.7. The van der Waals surface area contributed by atoms with Crippen molar-refractivity contribution in [2.45, 2.75) is 26.5 Å². The van der Waals surface area contributed by atoms with Gasteiger partial charge in [0.25, 0.3) is 5.56 Å². The SMILES string of the molecule is CCN(CC)CCNc1nc2c(c(=O)[nH]c(=O)n2C)n1CC(O)COc1ccc(Cl)cc1. The van der Waals surface area contributed by atoms with Crippen LogP contribution in [0.3, 0.4) is 0 Å². The van der Waals surface area contributed by atoms with Gasteiger partial charge in [-0.1, -0.05) is 25.4 Å². The zero-order valence-electron chi connectivity index (χ0n) is 18.5. The third kappa shape index (κ3) is 5.50. The summed E-state index contributed by atoms with van der Waals surface area (Å²) in [6, 6.07) is 6.82. The molecule has 32 heavy (non-hydrogen) atoms. The number of aliphatic hydroxyl groups is 1. The largest absolute Gasteiger partial charge is 0.491 e. The van der Waals surface area contributed by atoms with E-state index in [1.54, 1.807) is 28.8 Å². The fourth-order valence-corrected chi connectivity index (χ4v) is 3.53. The Morgan fingerprint density at radius 1 is 1.25 bits per heavy atom. The highest BCUT2D eigenvalue weighted by Gasteiger charge is 2.20. The maximum absolute atomic E-state index is 12.6. The molecule has 1 atom stereocenters. The van der Waals surface area contributed by atoms with Crippen LogP contribution in [0.5, 0.6) is 5.75 Å². The molecule has 0 fully saturated rings. The van der Waals surface area contributed by atoms with Gasteiger partial charge in [0, 0.05) is 25.2 Å². The molecule has 10 nitrogen and oxygen atoms in total. The number of halogens is 1. The number of anilines is 1. The minimum absolute atomic E-state index is 0.00383. The molecule has 0 saturated heterocycles. The number of aliphatic hydroxyl groups excluding tert-OH is 1. The molecule has 0 spiro atoms. The molecular weight excluding hydrogens is 436 g/mol. The van der Waals surface area contributed by atoms with Crippen LogP contribution in [0.1, 0.15) is 13.8 Å². The molecular formula is C21H29ClN6O4. The van der Waals surface area contributed by atoms with Crippen LogP contribution in [0.2, 0.25) is 5.02 Å². The van der Waals surface area contributed by atoms with E-state index >= 15 is 0 Å². The normalized spacial score (nSPS) is 12.4. The standard InChI is InChI=1S/C21H29ClN6O4/c1-4-27(5-2)11-10-23-20-24-18-17(19(30)25-21(31)26(18)3)28(20)12-15(29)13-32-16-8-6-14(22)7-9-16/h6-9,15,29H,4-5,10-13H2,1-3H3,(H,23,24)(H,25,30,31). The van der Waals surface area contributed by atoms with Gasteiger partial charge in [0.1, 0.15) is 18.5 Å². The number of nitrogens with one attached hydrogen (secondary N) is 2. The molecule has 0 aliphatic rings. The summed E-state index contributed by atoms with van der Waals surface area (Å²) in [6.45, 7) is 7.45. The minimum Gasteiger partial charge on any atom is -0.491 e. The molecule has 1 aromatic carbocycles. The number of ether oxygens (including phenoxy) is 1. The third-order valence-corrected chi connectivity index (χ3v) is 5.51. The van der Waals surface area contributed by atoms with Gasteiger partial charge >= 0.3 is 5.69 Å². The van der Waals surface area contributed by atoms with Gasteiger partial charge in [-0.05, 0) is 37.4 Å². The molecule has 3 aromatic rings. The number of likely N-dealkylation sites (N-methyl/N-ethyl adjacent to an activating group) is 1. The lowest BCUT2D eigenvalue weighted by Gasteiger charge is -2.19. The number of benzene rings is 1. The number of fused-ring (bicyclic) bond motifs is 1. The number of aromatic nitrogens is 4. The molecule has 2 heterocycles. The number of aromatic amines is 1. The van der Waals surface area contributed by atoms with Gasteiger partial charge in [-0.2, -0.15) is 4.98 Å². The molecule has 3 rings (SSSR count). The molecule has 0 amide bonds. The van der Waals surface area contributed by atoms with Gasteiger partial charge in [-0.15, -0.1) is 0 Å². The fraction of sp³-hybridized carbons (Fsp3) is 0.476. The van der Waals surface area contributed by atoms with E-state index in [-0.39, 0.29) is 24.3 Å². The van der Waals surface area contributed by atoms with Crippen molar-refractivity contribution < 1.29 is 9.84 Å². The van der Waals surface area contributed by atoms with Crippen LogP contribution in [0.15, 0.2) is 33.9 Å². The summed E-state index contributed by atoms with van der Waals surface area (Å²) in [5, 5.41) is 14.4. The van der Waals surface area contributed by atoms with E-state index in [4.69, 9.17) is 16.3 Å². The van der Waals surface area contributed by atoms with E-state index in [1.165, 1.54) is 11.6 Å². The lowest BCUT2D eigenvalue weighted by molar-refractivity contribution is 0.0938. The van der Waals surface area contributed by atoms with Crippen molar-refractivity contribution >= 4 is 28.7 Å². The van der Waals surface area contributed by atoms with Gasteiger partial charge in [0.15, 0.2) is 11.2 Å². The maximum atomic E-state index is 12.6. The monoisotopic (exact) mass is 464 g/mol. The third-order valence-electron chi connectivity index (χ3n) is 5.26. The Hall–Kier alpha value is -2.82. The highest BCUT2D eigenvalue weighted by Crippen LogP contribution is 2.18. The van der Waals surface area contributed by atoms with Crippen LogP contribution < -0.4 is 21.3 Å². The van der Waals surface area contributed by atoms with Crippen molar-refractivity contribution in [2.75, 3.05) is 38.1 Å². The summed E-state index contributed by atoms with van der Waals surface area (Å²) in [4.78, 5) is 33.6. The Bertz CT molecular complexity index is 1150. The van der Waals surface area contributed by atoms with Crippen LogP contribution in [-0.2, 0) is 13.6 Å². The summed E-state index contributed by atoms with van der Waals surface area (Å²) < 4.78 is 8.49. The number of hydrogen-bond acceptors (Lipinski definition) is 7. The van der Waals surface area contributed by atoms with Gasteiger partial charge in [0.2, 0.25) is 5.95 Å². The van der Waals surface area contributed by atoms with Crippen molar-refractivity contribution in [3.05, 3.63) is 50.1 Å². The Morgan fingerprint density at radius 2 is 1.94 bits per heavy atom. The van der Waals surface area contributed by atoms with E-state index in [2.05, 4.69) is 34.0 Å². The van der Waals surface area contributed by atoms with E-state index in [9.17, 15) is 14.7 Å². The molecule has 1 unspecified atom stereocenters. The lowest BCUT2D eigenvalue weighted by Crippen LogP contribution is -2.31. The second-order valence-electron chi connectivity index (χ2n) is 7.41. The summed E-state index contributed by atoms with van der Waals surface area (Å²) in [5.41, 5.74) is -0.649. The molecule has 174 valence electrons. The molecule has 0 saturated carbocycles. The van der Waals surface area contributed by atoms with Crippen LogP contribution in [0.4, 0.5) is 5.95 Å².